The first-order valence-corrected chi connectivity index (χ1v) is 7.51. The molecule has 1 fully saturated rings. The fourth-order valence-electron chi connectivity index (χ4n) is 2.65. The van der Waals surface area contributed by atoms with Crippen molar-refractivity contribution in [2.24, 2.45) is 11.7 Å². The lowest BCUT2D eigenvalue weighted by atomic mass is 9.96. The zero-order chi connectivity index (χ0) is 15.2. The van der Waals surface area contributed by atoms with Gasteiger partial charge in [-0.2, -0.15) is 0 Å². The summed E-state index contributed by atoms with van der Waals surface area (Å²) in [6, 6.07) is 6.56. The summed E-state index contributed by atoms with van der Waals surface area (Å²) in [5.74, 6) is 0.220. The van der Waals surface area contributed by atoms with E-state index in [9.17, 15) is 9.59 Å². The van der Waals surface area contributed by atoms with E-state index in [1.807, 2.05) is 4.90 Å². The van der Waals surface area contributed by atoms with Gasteiger partial charge in [-0.15, -0.1) is 0 Å². The van der Waals surface area contributed by atoms with Gasteiger partial charge in [-0.3, -0.25) is 9.59 Å². The number of nitrogens with two attached hydrogens (primary N) is 1. The quantitative estimate of drug-likeness (QED) is 0.856. The smallest absolute Gasteiger partial charge is 0.253 e. The third kappa shape index (κ3) is 4.04. The van der Waals surface area contributed by atoms with Crippen LogP contribution in [-0.4, -0.2) is 42.9 Å². The molecule has 0 unspecified atom stereocenters. The van der Waals surface area contributed by atoms with E-state index < -0.39 is 5.91 Å². The molecule has 0 radical (unpaired) electrons. The minimum absolute atomic E-state index is 0.0351. The van der Waals surface area contributed by atoms with Crippen LogP contribution in [0.1, 0.15) is 40.5 Å². The first-order valence-electron chi connectivity index (χ1n) is 7.51. The van der Waals surface area contributed by atoms with Crippen molar-refractivity contribution in [2.75, 3.05) is 26.2 Å². The Balaban J connectivity index is 1.91. The molecule has 1 saturated heterocycles. The molecule has 1 aromatic carbocycles. The maximum absolute atomic E-state index is 12.4. The van der Waals surface area contributed by atoms with E-state index in [1.54, 1.807) is 24.3 Å². The normalized spacial score (nSPS) is 16.0. The Morgan fingerprint density at radius 1 is 1.19 bits per heavy atom. The van der Waals surface area contributed by atoms with E-state index >= 15 is 0 Å². The van der Waals surface area contributed by atoms with Crippen LogP contribution in [-0.2, 0) is 0 Å². The summed E-state index contributed by atoms with van der Waals surface area (Å²) in [7, 11) is 0. The van der Waals surface area contributed by atoms with Crippen molar-refractivity contribution in [2.45, 2.75) is 19.8 Å². The molecular weight excluding hydrogens is 266 g/mol. The molecule has 1 aliphatic rings. The van der Waals surface area contributed by atoms with Gasteiger partial charge in [-0.05, 0) is 56.1 Å². The molecule has 1 heterocycles. The Bertz CT molecular complexity index is 491. The van der Waals surface area contributed by atoms with Gasteiger partial charge in [0.1, 0.15) is 0 Å². The predicted octanol–water partition coefficient (Wildman–Crippen LogP) is 1.25. The highest BCUT2D eigenvalue weighted by Crippen LogP contribution is 2.18. The fraction of sp³-hybridized carbons (Fsp3) is 0.500. The van der Waals surface area contributed by atoms with Gasteiger partial charge < -0.3 is 16.0 Å². The van der Waals surface area contributed by atoms with Crippen LogP contribution in [0.5, 0.6) is 0 Å². The second kappa shape index (κ2) is 7.22. The first kappa shape index (κ1) is 15.5. The number of primary amides is 1. The summed E-state index contributed by atoms with van der Waals surface area (Å²) >= 11 is 0. The van der Waals surface area contributed by atoms with Gasteiger partial charge in [-0.1, -0.05) is 6.92 Å². The van der Waals surface area contributed by atoms with Crippen LogP contribution in [0.3, 0.4) is 0 Å². The van der Waals surface area contributed by atoms with E-state index in [-0.39, 0.29) is 5.91 Å². The van der Waals surface area contributed by atoms with E-state index in [4.69, 9.17) is 5.73 Å². The maximum atomic E-state index is 12.4. The minimum Gasteiger partial charge on any atom is -0.366 e. The number of likely N-dealkylation sites (tertiary alicyclic amines) is 1. The summed E-state index contributed by atoms with van der Waals surface area (Å²) in [5, 5.41) is 3.36. The second-order valence-electron chi connectivity index (χ2n) is 5.48. The van der Waals surface area contributed by atoms with Crippen LogP contribution < -0.4 is 11.1 Å². The molecule has 0 spiro atoms. The number of rotatable bonds is 5. The Morgan fingerprint density at radius 2 is 1.76 bits per heavy atom. The van der Waals surface area contributed by atoms with Gasteiger partial charge in [0.2, 0.25) is 5.91 Å². The number of carbonyl (C=O) groups is 2. The molecule has 0 atom stereocenters. The largest absolute Gasteiger partial charge is 0.366 e. The highest BCUT2D eigenvalue weighted by molar-refractivity contribution is 5.97. The molecule has 2 amide bonds. The average molecular weight is 289 g/mol. The molecular formula is C16H23N3O2. The number of hydrogen-bond acceptors (Lipinski definition) is 3. The van der Waals surface area contributed by atoms with Gasteiger partial charge in [0.15, 0.2) is 0 Å². The lowest BCUT2D eigenvalue weighted by Crippen LogP contribution is -2.40. The van der Waals surface area contributed by atoms with Crippen LogP contribution in [0.2, 0.25) is 0 Å². The lowest BCUT2D eigenvalue weighted by molar-refractivity contribution is 0.0690. The first-order chi connectivity index (χ1) is 10.1. The molecule has 2 rings (SSSR count). The zero-order valence-electron chi connectivity index (χ0n) is 12.5. The van der Waals surface area contributed by atoms with Gasteiger partial charge in [0.25, 0.3) is 5.91 Å². The number of nitrogens with zero attached hydrogens (tertiary/aromatic N) is 1. The van der Waals surface area contributed by atoms with E-state index in [0.29, 0.717) is 17.0 Å². The van der Waals surface area contributed by atoms with Crippen molar-refractivity contribution in [1.82, 2.24) is 10.2 Å². The van der Waals surface area contributed by atoms with Gasteiger partial charge >= 0.3 is 0 Å². The van der Waals surface area contributed by atoms with E-state index in [1.165, 1.54) is 0 Å². The second-order valence-corrected chi connectivity index (χ2v) is 5.48. The van der Waals surface area contributed by atoms with Crippen LogP contribution in [0.25, 0.3) is 0 Å². The van der Waals surface area contributed by atoms with Gasteiger partial charge in [-0.25, -0.2) is 0 Å². The van der Waals surface area contributed by atoms with Crippen molar-refractivity contribution in [3.63, 3.8) is 0 Å². The third-order valence-electron chi connectivity index (χ3n) is 4.00. The summed E-state index contributed by atoms with van der Waals surface area (Å²) in [6.07, 6.45) is 2.08. The molecule has 114 valence electrons. The molecule has 21 heavy (non-hydrogen) atoms. The molecule has 1 aliphatic heterocycles. The fourth-order valence-corrected chi connectivity index (χ4v) is 2.65. The van der Waals surface area contributed by atoms with E-state index in [2.05, 4.69) is 12.2 Å². The van der Waals surface area contributed by atoms with Crippen molar-refractivity contribution in [3.05, 3.63) is 35.4 Å². The highest BCUT2D eigenvalue weighted by Gasteiger charge is 2.23. The Kier molecular flexibility index (Phi) is 5.33. The van der Waals surface area contributed by atoms with Crippen molar-refractivity contribution in [3.8, 4) is 0 Å². The maximum Gasteiger partial charge on any atom is 0.253 e. The SMILES string of the molecule is CCNCC1CCN(C(=O)c2ccc(C(N)=O)cc2)CC1. The van der Waals surface area contributed by atoms with Gasteiger partial charge in [0.05, 0.1) is 0 Å². The third-order valence-corrected chi connectivity index (χ3v) is 4.00. The van der Waals surface area contributed by atoms with Crippen LogP contribution in [0.4, 0.5) is 0 Å². The number of carbonyl (C=O) groups excluding carboxylic acids is 2. The average Bonchev–Trinajstić information content (AvgIpc) is 2.53. The molecule has 0 bridgehead atoms. The van der Waals surface area contributed by atoms with E-state index in [0.717, 1.165) is 39.0 Å². The summed E-state index contributed by atoms with van der Waals surface area (Å²) in [4.78, 5) is 25.3. The number of benzene rings is 1. The molecule has 5 heteroatoms. The number of nitrogens with one attached hydrogen (secondary N) is 1. The summed E-state index contributed by atoms with van der Waals surface area (Å²) in [6.45, 7) is 5.73. The number of amides is 2. The lowest BCUT2D eigenvalue weighted by Gasteiger charge is -2.32. The number of hydrogen-bond donors (Lipinski definition) is 2. The monoisotopic (exact) mass is 289 g/mol. The molecule has 0 aromatic heterocycles. The predicted molar refractivity (Wildman–Crippen MR) is 82.1 cm³/mol. The van der Waals surface area contributed by atoms with Crippen molar-refractivity contribution in [1.29, 1.82) is 0 Å². The van der Waals surface area contributed by atoms with Gasteiger partial charge in [0, 0.05) is 24.2 Å². The Morgan fingerprint density at radius 3 is 2.29 bits per heavy atom. The summed E-state index contributed by atoms with van der Waals surface area (Å²) < 4.78 is 0. The van der Waals surface area contributed by atoms with Crippen LogP contribution in [0, 0.1) is 5.92 Å². The molecule has 3 N–H and O–H groups in total. The Hall–Kier alpha value is -1.88. The minimum atomic E-state index is -0.474. The van der Waals surface area contributed by atoms with Crippen LogP contribution in [0.15, 0.2) is 24.3 Å². The molecule has 0 saturated carbocycles. The standard InChI is InChI=1S/C16H23N3O2/c1-2-18-11-12-7-9-19(10-8-12)16(21)14-5-3-13(4-6-14)15(17)20/h3-6,12,18H,2,7-11H2,1H3,(H2,17,20). The summed E-state index contributed by atoms with van der Waals surface area (Å²) in [5.41, 5.74) is 6.24. The topological polar surface area (TPSA) is 75.4 Å². The van der Waals surface area contributed by atoms with Crippen LogP contribution >= 0.6 is 0 Å². The van der Waals surface area contributed by atoms with Crippen molar-refractivity contribution >= 4 is 11.8 Å². The molecule has 5 nitrogen and oxygen atoms in total. The zero-order valence-corrected chi connectivity index (χ0v) is 12.5. The highest BCUT2D eigenvalue weighted by atomic mass is 16.2. The molecule has 0 aliphatic carbocycles. The number of piperidine rings is 1. The Labute approximate surface area is 125 Å². The van der Waals surface area contributed by atoms with Crippen molar-refractivity contribution < 1.29 is 9.59 Å². The molecule has 1 aromatic rings.